The Labute approximate surface area is 84.3 Å². The van der Waals surface area contributed by atoms with Crippen LogP contribution in [0.3, 0.4) is 0 Å². The van der Waals surface area contributed by atoms with Gasteiger partial charge < -0.3 is 10.4 Å². The van der Waals surface area contributed by atoms with Gasteiger partial charge in [-0.15, -0.1) is 0 Å². The summed E-state index contributed by atoms with van der Waals surface area (Å²) in [5, 5.41) is 12.0. The second-order valence-electron chi connectivity index (χ2n) is 4.29. The predicted molar refractivity (Wildman–Crippen MR) is 52.8 cm³/mol. The summed E-state index contributed by atoms with van der Waals surface area (Å²) in [4.78, 5) is 13.6. The summed E-state index contributed by atoms with van der Waals surface area (Å²) in [6.45, 7) is 1.59. The number of hydrogen-bond donors (Lipinski definition) is 2. The lowest BCUT2D eigenvalue weighted by Gasteiger charge is -2.21. The van der Waals surface area contributed by atoms with Crippen molar-refractivity contribution in [3.05, 3.63) is 0 Å². The molecule has 0 radical (unpaired) electrons. The Hall–Kier alpha value is -0.610. The van der Waals surface area contributed by atoms with E-state index in [-0.39, 0.29) is 18.6 Å². The van der Waals surface area contributed by atoms with Gasteiger partial charge >= 0.3 is 0 Å². The molecular formula is C10H18N2O2. The summed E-state index contributed by atoms with van der Waals surface area (Å²) < 4.78 is 0. The van der Waals surface area contributed by atoms with Crippen LogP contribution >= 0.6 is 0 Å². The highest BCUT2D eigenvalue weighted by Gasteiger charge is 2.28. The Balaban J connectivity index is 1.74. The number of carbonyl (C=O) groups excluding carboxylic acids is 1. The quantitative estimate of drug-likeness (QED) is 0.653. The van der Waals surface area contributed by atoms with Crippen molar-refractivity contribution in [2.45, 2.75) is 37.8 Å². The van der Waals surface area contributed by atoms with E-state index in [4.69, 9.17) is 5.11 Å². The van der Waals surface area contributed by atoms with Gasteiger partial charge in [-0.05, 0) is 32.2 Å². The normalized spacial score (nSPS) is 27.9. The molecule has 4 nitrogen and oxygen atoms in total. The highest BCUT2D eigenvalue weighted by atomic mass is 16.3. The van der Waals surface area contributed by atoms with Crippen LogP contribution in [0.15, 0.2) is 0 Å². The van der Waals surface area contributed by atoms with Crippen LogP contribution < -0.4 is 5.32 Å². The molecule has 0 bridgehead atoms. The molecule has 1 amide bonds. The average molecular weight is 198 g/mol. The lowest BCUT2D eigenvalue weighted by Crippen LogP contribution is -2.41. The zero-order valence-electron chi connectivity index (χ0n) is 8.41. The summed E-state index contributed by atoms with van der Waals surface area (Å²) in [5.74, 6) is 0.118. The van der Waals surface area contributed by atoms with E-state index in [9.17, 15) is 4.79 Å². The Morgan fingerprint density at radius 3 is 2.86 bits per heavy atom. The molecule has 0 unspecified atom stereocenters. The smallest absolute Gasteiger partial charge is 0.234 e. The fourth-order valence-electron chi connectivity index (χ4n) is 2.00. The summed E-state index contributed by atoms with van der Waals surface area (Å²) in [6, 6.07) is 0.651. The van der Waals surface area contributed by atoms with E-state index in [2.05, 4.69) is 10.2 Å². The van der Waals surface area contributed by atoms with Crippen LogP contribution in [0.1, 0.15) is 25.7 Å². The highest BCUT2D eigenvalue weighted by molar-refractivity contribution is 5.78. The van der Waals surface area contributed by atoms with E-state index in [1.54, 1.807) is 0 Å². The third-order valence-corrected chi connectivity index (χ3v) is 3.00. The van der Waals surface area contributed by atoms with Crippen LogP contribution in [-0.2, 0) is 4.79 Å². The molecule has 2 aliphatic rings. The van der Waals surface area contributed by atoms with Crippen molar-refractivity contribution in [3.63, 3.8) is 0 Å². The minimum atomic E-state index is 0.118. The molecular weight excluding hydrogens is 180 g/mol. The van der Waals surface area contributed by atoms with Crippen molar-refractivity contribution in [2.75, 3.05) is 19.7 Å². The minimum Gasteiger partial charge on any atom is -0.395 e. The lowest BCUT2D eigenvalue weighted by atomic mass is 10.2. The lowest BCUT2D eigenvalue weighted by molar-refractivity contribution is -0.122. The van der Waals surface area contributed by atoms with Crippen molar-refractivity contribution in [3.8, 4) is 0 Å². The largest absolute Gasteiger partial charge is 0.395 e. The van der Waals surface area contributed by atoms with Crippen molar-refractivity contribution in [2.24, 2.45) is 0 Å². The number of amides is 1. The van der Waals surface area contributed by atoms with Crippen LogP contribution in [0.25, 0.3) is 0 Å². The average Bonchev–Trinajstić information content (AvgIpc) is 2.84. The molecule has 0 spiro atoms. The Kier molecular flexibility index (Phi) is 3.03. The first-order valence-electron chi connectivity index (χ1n) is 5.44. The minimum absolute atomic E-state index is 0.118. The molecule has 4 heteroatoms. The first-order chi connectivity index (χ1) is 6.79. The van der Waals surface area contributed by atoms with Gasteiger partial charge in [0.05, 0.1) is 13.2 Å². The molecule has 0 aromatic heterocycles. The van der Waals surface area contributed by atoms with Crippen molar-refractivity contribution in [1.29, 1.82) is 0 Å². The number of rotatable bonds is 4. The van der Waals surface area contributed by atoms with E-state index < -0.39 is 0 Å². The zero-order valence-corrected chi connectivity index (χ0v) is 8.41. The van der Waals surface area contributed by atoms with Gasteiger partial charge in [0.15, 0.2) is 0 Å². The summed E-state index contributed by atoms with van der Waals surface area (Å²) in [5.41, 5.74) is 0. The molecule has 14 heavy (non-hydrogen) atoms. The molecule has 1 saturated carbocycles. The summed E-state index contributed by atoms with van der Waals surface area (Å²) >= 11 is 0. The molecule has 1 saturated heterocycles. The first kappa shape index (κ1) is 9.93. The Morgan fingerprint density at radius 2 is 2.21 bits per heavy atom. The van der Waals surface area contributed by atoms with Gasteiger partial charge in [-0.3, -0.25) is 9.69 Å². The van der Waals surface area contributed by atoms with Gasteiger partial charge in [-0.25, -0.2) is 0 Å². The molecule has 0 aromatic rings. The molecule has 1 atom stereocenters. The summed E-state index contributed by atoms with van der Waals surface area (Å²) in [6.07, 6.45) is 4.39. The van der Waals surface area contributed by atoms with E-state index in [1.807, 2.05) is 0 Å². The number of hydrogen-bond acceptors (Lipinski definition) is 3. The molecule has 2 rings (SSSR count). The fourth-order valence-corrected chi connectivity index (χ4v) is 2.00. The van der Waals surface area contributed by atoms with E-state index in [1.165, 1.54) is 0 Å². The molecule has 1 aliphatic carbocycles. The van der Waals surface area contributed by atoms with Crippen molar-refractivity contribution in [1.82, 2.24) is 10.2 Å². The van der Waals surface area contributed by atoms with Gasteiger partial charge in [0.25, 0.3) is 0 Å². The van der Waals surface area contributed by atoms with E-state index in [0.29, 0.717) is 12.6 Å². The topological polar surface area (TPSA) is 52.6 Å². The zero-order chi connectivity index (χ0) is 9.97. The molecule has 1 heterocycles. The Morgan fingerprint density at radius 1 is 1.43 bits per heavy atom. The van der Waals surface area contributed by atoms with Gasteiger partial charge in [0.2, 0.25) is 5.91 Å². The van der Waals surface area contributed by atoms with Gasteiger partial charge in [-0.1, -0.05) is 0 Å². The second-order valence-corrected chi connectivity index (χ2v) is 4.29. The maximum atomic E-state index is 11.5. The first-order valence-corrected chi connectivity index (χ1v) is 5.44. The van der Waals surface area contributed by atoms with Gasteiger partial charge in [0, 0.05) is 12.1 Å². The van der Waals surface area contributed by atoms with Crippen molar-refractivity contribution < 1.29 is 9.90 Å². The number of nitrogens with zero attached hydrogens (tertiary/aromatic N) is 1. The third kappa shape index (κ3) is 2.45. The molecule has 2 fully saturated rings. The van der Waals surface area contributed by atoms with Crippen LogP contribution in [0.5, 0.6) is 0 Å². The third-order valence-electron chi connectivity index (χ3n) is 3.00. The second kappa shape index (κ2) is 4.28. The number of carbonyl (C=O) groups is 1. The van der Waals surface area contributed by atoms with Crippen molar-refractivity contribution >= 4 is 5.91 Å². The Bertz CT molecular complexity index is 216. The fraction of sp³-hybridized carbons (Fsp3) is 0.900. The number of nitrogens with one attached hydrogen (secondary N) is 1. The monoisotopic (exact) mass is 198 g/mol. The van der Waals surface area contributed by atoms with Crippen LogP contribution in [-0.4, -0.2) is 47.7 Å². The molecule has 2 N–H and O–H groups in total. The number of aliphatic hydroxyl groups is 1. The standard InChI is InChI=1S/C10H18N2O2/c13-7-9-2-1-5-12(9)6-10(14)11-8-3-4-8/h8-9,13H,1-7H2,(H,11,14)/t9-/m0/s1. The van der Waals surface area contributed by atoms with Crippen LogP contribution in [0.4, 0.5) is 0 Å². The summed E-state index contributed by atoms with van der Waals surface area (Å²) in [7, 11) is 0. The maximum absolute atomic E-state index is 11.5. The number of aliphatic hydroxyl groups excluding tert-OH is 1. The van der Waals surface area contributed by atoms with Crippen LogP contribution in [0, 0.1) is 0 Å². The number of likely N-dealkylation sites (tertiary alicyclic amines) is 1. The van der Waals surface area contributed by atoms with Gasteiger partial charge in [0.1, 0.15) is 0 Å². The van der Waals surface area contributed by atoms with Gasteiger partial charge in [-0.2, -0.15) is 0 Å². The van der Waals surface area contributed by atoms with Crippen LogP contribution in [0.2, 0.25) is 0 Å². The molecule has 80 valence electrons. The molecule has 0 aromatic carbocycles. The highest BCUT2D eigenvalue weighted by Crippen LogP contribution is 2.19. The maximum Gasteiger partial charge on any atom is 0.234 e. The SMILES string of the molecule is O=C(CN1CCC[C@H]1CO)NC1CC1. The van der Waals surface area contributed by atoms with E-state index in [0.717, 1.165) is 32.2 Å². The van der Waals surface area contributed by atoms with E-state index >= 15 is 0 Å². The molecule has 1 aliphatic heterocycles. The predicted octanol–water partition coefficient (Wildman–Crippen LogP) is -0.278.